The van der Waals surface area contributed by atoms with E-state index < -0.39 is 19.5 Å². The van der Waals surface area contributed by atoms with E-state index in [1.54, 1.807) is 24.5 Å². The normalized spacial score (nSPS) is 36.3. The topological polar surface area (TPSA) is 82.6 Å². The summed E-state index contributed by atoms with van der Waals surface area (Å²) in [6.45, 7) is 7.89. The maximum atomic E-state index is 12.1. The van der Waals surface area contributed by atoms with Gasteiger partial charge in [-0.2, -0.15) is 0 Å². The Labute approximate surface area is 145 Å². The van der Waals surface area contributed by atoms with Crippen molar-refractivity contribution < 1.29 is 13.8 Å². The molecule has 0 amide bonds. The molecule has 2 fully saturated rings. The Hall–Kier alpha value is -0.660. The Morgan fingerprint density at radius 3 is 2.83 bits per heavy atom. The van der Waals surface area contributed by atoms with E-state index in [-0.39, 0.29) is 23.9 Å². The highest BCUT2D eigenvalue weighted by Crippen LogP contribution is 2.63. The van der Waals surface area contributed by atoms with Crippen LogP contribution in [0.3, 0.4) is 0 Å². The zero-order valence-corrected chi connectivity index (χ0v) is 15.9. The largest absolute Gasteiger partial charge is 0.352 e. The minimum atomic E-state index is -0.983. The Morgan fingerprint density at radius 1 is 1.46 bits per heavy atom. The van der Waals surface area contributed by atoms with E-state index in [9.17, 15) is 9.59 Å². The number of nitrogens with zero attached hydrogens (tertiary/aromatic N) is 1. The number of H-pyrrole nitrogens is 1. The summed E-state index contributed by atoms with van der Waals surface area (Å²) in [4.78, 5) is 25.9. The van der Waals surface area contributed by atoms with Crippen molar-refractivity contribution in [3.63, 3.8) is 0 Å². The lowest BCUT2D eigenvalue weighted by Gasteiger charge is -2.19. The van der Waals surface area contributed by atoms with E-state index in [4.69, 9.17) is 13.8 Å². The lowest BCUT2D eigenvalue weighted by molar-refractivity contribution is -0.0181. The third kappa shape index (κ3) is 3.63. The Bertz CT molecular complexity index is 698. The smallest absolute Gasteiger partial charge is 0.330 e. The van der Waals surface area contributed by atoms with E-state index in [0.717, 1.165) is 6.42 Å². The monoisotopic (exact) mass is 374 g/mol. The molecule has 0 bridgehead atoms. The maximum Gasteiger partial charge on any atom is 0.330 e. The number of aryl methyl sites for hydroxylation is 1. The Kier molecular flexibility index (Phi) is 5.52. The standard InChI is InChI=1S/C15H23N2O5PS/c1-5-11-12(22-23-21-9(3)10(4)24-23)6-13(20-11)17-7-8(2)14(18)16-15(17)19/h7,9-13H,5-6H2,1-4H3,(H,16,18,19)/t9?,10?,11-,12-,13-,23?/m1/s1. The van der Waals surface area contributed by atoms with E-state index in [1.165, 1.54) is 4.57 Å². The second-order valence-electron chi connectivity index (χ2n) is 6.24. The first kappa shape index (κ1) is 18.1. The average molecular weight is 374 g/mol. The fraction of sp³-hybridized carbons (Fsp3) is 0.733. The van der Waals surface area contributed by atoms with Crippen molar-refractivity contribution in [3.8, 4) is 0 Å². The van der Waals surface area contributed by atoms with Gasteiger partial charge in [0.25, 0.3) is 5.56 Å². The van der Waals surface area contributed by atoms with Gasteiger partial charge >= 0.3 is 5.69 Å². The summed E-state index contributed by atoms with van der Waals surface area (Å²) < 4.78 is 19.5. The first-order valence-electron chi connectivity index (χ1n) is 8.17. The van der Waals surface area contributed by atoms with Gasteiger partial charge in [0.15, 0.2) is 0 Å². The molecule has 3 heterocycles. The number of hydrogen-bond donors (Lipinski definition) is 1. The molecule has 3 unspecified atom stereocenters. The summed E-state index contributed by atoms with van der Waals surface area (Å²) >= 11 is 1.73. The highest BCUT2D eigenvalue weighted by molar-refractivity contribution is 8.53. The van der Waals surface area contributed by atoms with Crippen LogP contribution in [0.5, 0.6) is 0 Å². The van der Waals surface area contributed by atoms with Gasteiger partial charge in [-0.25, -0.2) is 4.79 Å². The number of aromatic nitrogens is 2. The Balaban J connectivity index is 1.74. The molecule has 2 saturated heterocycles. The van der Waals surface area contributed by atoms with Crippen LogP contribution in [0.25, 0.3) is 0 Å². The summed E-state index contributed by atoms with van der Waals surface area (Å²) in [5.74, 6) is 0. The molecule has 0 radical (unpaired) electrons. The van der Waals surface area contributed by atoms with Crippen molar-refractivity contribution >= 4 is 19.0 Å². The minimum absolute atomic E-state index is 0.0907. The highest BCUT2D eigenvalue weighted by atomic mass is 32.7. The number of rotatable bonds is 4. The van der Waals surface area contributed by atoms with Crippen molar-refractivity contribution in [1.82, 2.24) is 9.55 Å². The third-order valence-electron chi connectivity index (χ3n) is 4.43. The van der Waals surface area contributed by atoms with Gasteiger partial charge < -0.3 is 13.8 Å². The van der Waals surface area contributed by atoms with Crippen molar-refractivity contribution in [2.45, 2.75) is 70.3 Å². The van der Waals surface area contributed by atoms with Gasteiger partial charge in [-0.05, 0) is 20.3 Å². The van der Waals surface area contributed by atoms with Gasteiger partial charge in [-0.15, -0.1) is 0 Å². The number of hydrogen-bond acceptors (Lipinski definition) is 6. The second-order valence-corrected chi connectivity index (χ2v) is 9.59. The number of nitrogens with one attached hydrogen (secondary N) is 1. The third-order valence-corrected chi connectivity index (χ3v) is 8.29. The fourth-order valence-electron chi connectivity index (χ4n) is 2.77. The predicted molar refractivity (Wildman–Crippen MR) is 94.3 cm³/mol. The molecule has 2 aliphatic heterocycles. The molecule has 6 atom stereocenters. The summed E-state index contributed by atoms with van der Waals surface area (Å²) in [5.41, 5.74) is -0.334. The molecule has 134 valence electrons. The Morgan fingerprint density at radius 2 is 2.21 bits per heavy atom. The first-order valence-corrected chi connectivity index (χ1v) is 10.8. The van der Waals surface area contributed by atoms with Crippen molar-refractivity contribution in [2.75, 3.05) is 0 Å². The van der Waals surface area contributed by atoms with Crippen molar-refractivity contribution in [2.24, 2.45) is 0 Å². The molecule has 2 aliphatic rings. The summed E-state index contributed by atoms with van der Waals surface area (Å²) in [6.07, 6.45) is 2.45. The van der Waals surface area contributed by atoms with Crippen LogP contribution in [-0.2, 0) is 13.8 Å². The zero-order valence-electron chi connectivity index (χ0n) is 14.2. The van der Waals surface area contributed by atoms with E-state index in [1.807, 2.05) is 6.92 Å². The molecule has 1 aromatic rings. The van der Waals surface area contributed by atoms with Gasteiger partial charge in [-0.3, -0.25) is 14.3 Å². The first-order chi connectivity index (χ1) is 11.4. The lowest BCUT2D eigenvalue weighted by atomic mass is 10.1. The second kappa shape index (κ2) is 7.30. The van der Waals surface area contributed by atoms with Crippen molar-refractivity contribution in [3.05, 3.63) is 32.6 Å². The molecule has 0 aliphatic carbocycles. The average Bonchev–Trinajstić information content (AvgIpc) is 3.06. The molecule has 0 aromatic carbocycles. The molecule has 3 rings (SSSR count). The van der Waals surface area contributed by atoms with Crippen LogP contribution < -0.4 is 11.2 Å². The molecule has 24 heavy (non-hydrogen) atoms. The molecular weight excluding hydrogens is 351 g/mol. The van der Waals surface area contributed by atoms with Crippen LogP contribution in [-0.4, -0.2) is 33.1 Å². The summed E-state index contributed by atoms with van der Waals surface area (Å²) in [6, 6.07) is 0. The van der Waals surface area contributed by atoms with Gasteiger partial charge in [-0.1, -0.05) is 25.2 Å². The van der Waals surface area contributed by atoms with Crippen LogP contribution in [0, 0.1) is 6.92 Å². The van der Waals surface area contributed by atoms with Crippen LogP contribution >= 0.6 is 19.0 Å². The van der Waals surface area contributed by atoms with Gasteiger partial charge in [0, 0.05) is 23.4 Å². The maximum absolute atomic E-state index is 12.1. The molecule has 1 N–H and O–H groups in total. The van der Waals surface area contributed by atoms with E-state index in [0.29, 0.717) is 17.2 Å². The molecule has 7 nitrogen and oxygen atoms in total. The quantitative estimate of drug-likeness (QED) is 0.816. The molecule has 0 spiro atoms. The van der Waals surface area contributed by atoms with Crippen molar-refractivity contribution in [1.29, 1.82) is 0 Å². The lowest BCUT2D eigenvalue weighted by Crippen LogP contribution is -2.33. The van der Waals surface area contributed by atoms with E-state index in [2.05, 4.69) is 18.8 Å². The van der Waals surface area contributed by atoms with Crippen LogP contribution in [0.2, 0.25) is 0 Å². The van der Waals surface area contributed by atoms with Crippen LogP contribution in [0.1, 0.15) is 45.4 Å². The van der Waals surface area contributed by atoms with Gasteiger partial charge in [0.2, 0.25) is 7.58 Å². The summed E-state index contributed by atoms with van der Waals surface area (Å²) in [5, 5.41) is 0.416. The van der Waals surface area contributed by atoms with Crippen LogP contribution in [0.4, 0.5) is 0 Å². The fourth-order valence-corrected chi connectivity index (χ4v) is 6.77. The highest BCUT2D eigenvalue weighted by Gasteiger charge is 2.41. The molecule has 0 saturated carbocycles. The molecule has 1 aromatic heterocycles. The van der Waals surface area contributed by atoms with E-state index >= 15 is 0 Å². The minimum Gasteiger partial charge on any atom is -0.352 e. The predicted octanol–water partition coefficient (Wildman–Crippen LogP) is 2.70. The zero-order chi connectivity index (χ0) is 17.4. The molecule has 9 heteroatoms. The SMILES string of the molecule is CC[C@H]1O[C@@H](n2cc(C)c(=O)[nH]c2=O)C[C@H]1OP1OC(C)C(C)S1. The molecular formula is C15H23N2O5PS. The van der Waals surface area contributed by atoms with Gasteiger partial charge in [0.05, 0.1) is 18.3 Å². The van der Waals surface area contributed by atoms with Gasteiger partial charge in [0.1, 0.15) is 6.23 Å². The summed E-state index contributed by atoms with van der Waals surface area (Å²) in [7, 11) is -0.983. The number of aromatic amines is 1. The van der Waals surface area contributed by atoms with Crippen LogP contribution in [0.15, 0.2) is 15.8 Å². The number of ether oxygens (including phenoxy) is 1.